The van der Waals surface area contributed by atoms with E-state index in [-0.39, 0.29) is 18.1 Å². The third-order valence-corrected chi connectivity index (χ3v) is 3.53. The maximum Gasteiger partial charge on any atom is 0.253 e. The molecule has 1 aromatic carbocycles. The fraction of sp³-hybridized carbons (Fsp3) is 0.533. The number of rotatable bonds is 4. The van der Waals surface area contributed by atoms with E-state index in [0.717, 1.165) is 25.1 Å². The SMILES string of the molecule is CCC(C)Oc1ccc(C(=O)N2CC[C@@H](N)C2)cc1. The molecule has 4 nitrogen and oxygen atoms in total. The van der Waals surface area contributed by atoms with Gasteiger partial charge in [0.15, 0.2) is 0 Å². The monoisotopic (exact) mass is 262 g/mol. The third-order valence-electron chi connectivity index (χ3n) is 3.53. The molecule has 0 radical (unpaired) electrons. The highest BCUT2D eigenvalue weighted by molar-refractivity contribution is 5.94. The van der Waals surface area contributed by atoms with Crippen LogP contribution < -0.4 is 10.5 Å². The second-order valence-electron chi connectivity index (χ2n) is 5.16. The molecule has 0 saturated carbocycles. The molecule has 2 N–H and O–H groups in total. The van der Waals surface area contributed by atoms with E-state index in [0.29, 0.717) is 12.1 Å². The molecule has 0 bridgehead atoms. The summed E-state index contributed by atoms with van der Waals surface area (Å²) in [5.41, 5.74) is 6.52. The summed E-state index contributed by atoms with van der Waals surface area (Å²) in [5, 5.41) is 0. The Balaban J connectivity index is 2.00. The first-order valence-corrected chi connectivity index (χ1v) is 6.91. The predicted octanol–water partition coefficient (Wildman–Crippen LogP) is 2.04. The first kappa shape index (κ1) is 13.9. The number of ether oxygens (including phenoxy) is 1. The number of hydrogen-bond acceptors (Lipinski definition) is 3. The molecule has 1 heterocycles. The van der Waals surface area contributed by atoms with E-state index in [1.807, 2.05) is 36.1 Å². The van der Waals surface area contributed by atoms with Crippen molar-refractivity contribution in [1.82, 2.24) is 4.90 Å². The van der Waals surface area contributed by atoms with Gasteiger partial charge < -0.3 is 15.4 Å². The van der Waals surface area contributed by atoms with E-state index in [9.17, 15) is 4.79 Å². The topological polar surface area (TPSA) is 55.6 Å². The lowest BCUT2D eigenvalue weighted by Gasteiger charge is -2.16. The van der Waals surface area contributed by atoms with Crippen LogP contribution >= 0.6 is 0 Å². The lowest BCUT2D eigenvalue weighted by atomic mass is 10.2. The van der Waals surface area contributed by atoms with Gasteiger partial charge in [0, 0.05) is 24.7 Å². The summed E-state index contributed by atoms with van der Waals surface area (Å²) in [6.07, 6.45) is 2.05. The van der Waals surface area contributed by atoms with E-state index in [1.165, 1.54) is 0 Å². The van der Waals surface area contributed by atoms with Crippen molar-refractivity contribution in [1.29, 1.82) is 0 Å². The van der Waals surface area contributed by atoms with Gasteiger partial charge in [-0.05, 0) is 44.0 Å². The number of hydrogen-bond donors (Lipinski definition) is 1. The average Bonchev–Trinajstić information content (AvgIpc) is 2.85. The Morgan fingerprint density at radius 1 is 1.47 bits per heavy atom. The van der Waals surface area contributed by atoms with E-state index < -0.39 is 0 Å². The second-order valence-corrected chi connectivity index (χ2v) is 5.16. The Morgan fingerprint density at radius 3 is 2.68 bits per heavy atom. The van der Waals surface area contributed by atoms with Gasteiger partial charge in [-0.15, -0.1) is 0 Å². The second kappa shape index (κ2) is 6.06. The summed E-state index contributed by atoms with van der Waals surface area (Å²) in [6, 6.07) is 7.48. The van der Waals surface area contributed by atoms with E-state index in [4.69, 9.17) is 10.5 Å². The number of likely N-dealkylation sites (tertiary alicyclic amines) is 1. The standard InChI is InChI=1S/C15H22N2O2/c1-3-11(2)19-14-6-4-12(5-7-14)15(18)17-9-8-13(16)10-17/h4-7,11,13H,3,8-10,16H2,1-2H3/t11?,13-/m1/s1. The van der Waals surface area contributed by atoms with Crippen LogP contribution in [0.5, 0.6) is 5.75 Å². The minimum absolute atomic E-state index is 0.0584. The number of nitrogens with zero attached hydrogens (tertiary/aromatic N) is 1. The van der Waals surface area contributed by atoms with Gasteiger partial charge in [-0.3, -0.25) is 4.79 Å². The van der Waals surface area contributed by atoms with Gasteiger partial charge in [0.1, 0.15) is 5.75 Å². The van der Waals surface area contributed by atoms with Gasteiger partial charge >= 0.3 is 0 Å². The Morgan fingerprint density at radius 2 is 2.16 bits per heavy atom. The summed E-state index contributed by atoms with van der Waals surface area (Å²) in [7, 11) is 0. The summed E-state index contributed by atoms with van der Waals surface area (Å²) in [4.78, 5) is 14.0. The van der Waals surface area contributed by atoms with Crippen LogP contribution in [-0.2, 0) is 0 Å². The normalized spacial score (nSPS) is 20.4. The molecule has 1 aromatic rings. The number of carbonyl (C=O) groups excluding carboxylic acids is 1. The summed E-state index contributed by atoms with van der Waals surface area (Å²) in [6.45, 7) is 5.53. The lowest BCUT2D eigenvalue weighted by Crippen LogP contribution is -2.31. The van der Waals surface area contributed by atoms with E-state index in [2.05, 4.69) is 6.92 Å². The van der Waals surface area contributed by atoms with Gasteiger partial charge in [0.05, 0.1) is 6.10 Å². The van der Waals surface area contributed by atoms with Crippen molar-refractivity contribution in [2.45, 2.75) is 38.8 Å². The van der Waals surface area contributed by atoms with Crippen molar-refractivity contribution in [2.24, 2.45) is 5.73 Å². The molecule has 1 unspecified atom stereocenters. The summed E-state index contributed by atoms with van der Waals surface area (Å²) in [5.74, 6) is 0.868. The number of amides is 1. The average molecular weight is 262 g/mol. The van der Waals surface area contributed by atoms with Crippen molar-refractivity contribution < 1.29 is 9.53 Å². The molecule has 19 heavy (non-hydrogen) atoms. The molecule has 2 atom stereocenters. The fourth-order valence-corrected chi connectivity index (χ4v) is 2.15. The highest BCUT2D eigenvalue weighted by Gasteiger charge is 2.24. The Hall–Kier alpha value is -1.55. The first-order valence-electron chi connectivity index (χ1n) is 6.91. The molecule has 4 heteroatoms. The Bertz CT molecular complexity index is 430. The molecule has 0 aliphatic carbocycles. The van der Waals surface area contributed by atoms with Gasteiger partial charge in [0.25, 0.3) is 5.91 Å². The molecule has 2 rings (SSSR count). The zero-order valence-electron chi connectivity index (χ0n) is 11.6. The van der Waals surface area contributed by atoms with Crippen molar-refractivity contribution in [3.05, 3.63) is 29.8 Å². The third kappa shape index (κ3) is 3.47. The zero-order chi connectivity index (χ0) is 13.8. The number of carbonyl (C=O) groups is 1. The van der Waals surface area contributed by atoms with E-state index >= 15 is 0 Å². The predicted molar refractivity (Wildman–Crippen MR) is 75.3 cm³/mol. The Labute approximate surface area is 114 Å². The smallest absolute Gasteiger partial charge is 0.253 e. The van der Waals surface area contributed by atoms with Crippen LogP contribution in [-0.4, -0.2) is 36.0 Å². The molecule has 1 aliphatic rings. The molecule has 0 aromatic heterocycles. The quantitative estimate of drug-likeness (QED) is 0.903. The van der Waals surface area contributed by atoms with Crippen molar-refractivity contribution >= 4 is 5.91 Å². The molecule has 1 aliphatic heterocycles. The maximum atomic E-state index is 12.2. The highest BCUT2D eigenvalue weighted by Crippen LogP contribution is 2.17. The van der Waals surface area contributed by atoms with Crippen molar-refractivity contribution in [3.63, 3.8) is 0 Å². The molecule has 0 spiro atoms. The minimum Gasteiger partial charge on any atom is -0.491 e. The van der Waals surface area contributed by atoms with Crippen LogP contribution in [0.3, 0.4) is 0 Å². The molecular formula is C15H22N2O2. The van der Waals surface area contributed by atoms with Gasteiger partial charge in [-0.1, -0.05) is 6.92 Å². The number of benzene rings is 1. The van der Waals surface area contributed by atoms with Crippen LogP contribution in [0.15, 0.2) is 24.3 Å². The largest absolute Gasteiger partial charge is 0.491 e. The van der Waals surface area contributed by atoms with Crippen LogP contribution in [0.25, 0.3) is 0 Å². The maximum absolute atomic E-state index is 12.2. The van der Waals surface area contributed by atoms with Crippen LogP contribution in [0.1, 0.15) is 37.0 Å². The van der Waals surface area contributed by atoms with Gasteiger partial charge in [0.2, 0.25) is 0 Å². The fourth-order valence-electron chi connectivity index (χ4n) is 2.15. The molecular weight excluding hydrogens is 240 g/mol. The highest BCUT2D eigenvalue weighted by atomic mass is 16.5. The minimum atomic E-state index is 0.0584. The molecule has 1 fully saturated rings. The molecule has 104 valence electrons. The van der Waals surface area contributed by atoms with Crippen molar-refractivity contribution in [3.8, 4) is 5.75 Å². The van der Waals surface area contributed by atoms with Crippen LogP contribution in [0, 0.1) is 0 Å². The van der Waals surface area contributed by atoms with Crippen LogP contribution in [0.4, 0.5) is 0 Å². The first-order chi connectivity index (χ1) is 9.10. The lowest BCUT2D eigenvalue weighted by molar-refractivity contribution is 0.0791. The number of nitrogens with two attached hydrogens (primary N) is 1. The van der Waals surface area contributed by atoms with E-state index in [1.54, 1.807) is 0 Å². The van der Waals surface area contributed by atoms with Crippen molar-refractivity contribution in [2.75, 3.05) is 13.1 Å². The van der Waals surface area contributed by atoms with Gasteiger partial charge in [-0.2, -0.15) is 0 Å². The summed E-state index contributed by atoms with van der Waals surface area (Å²) < 4.78 is 5.70. The van der Waals surface area contributed by atoms with Crippen LogP contribution in [0.2, 0.25) is 0 Å². The summed E-state index contributed by atoms with van der Waals surface area (Å²) >= 11 is 0. The molecule has 1 saturated heterocycles. The molecule has 1 amide bonds. The Kier molecular flexibility index (Phi) is 4.43. The van der Waals surface area contributed by atoms with Gasteiger partial charge in [-0.25, -0.2) is 0 Å². The zero-order valence-corrected chi connectivity index (χ0v) is 11.6.